The van der Waals surface area contributed by atoms with Crippen LogP contribution in [-0.4, -0.2) is 22.0 Å². The van der Waals surface area contributed by atoms with Crippen LogP contribution in [-0.2, 0) is 17.9 Å². The Bertz CT molecular complexity index is 1190. The minimum Gasteiger partial charge on any atom is -0.496 e. The maximum atomic E-state index is 12.9. The van der Waals surface area contributed by atoms with Crippen molar-refractivity contribution in [2.75, 3.05) is 7.11 Å². The topological polar surface area (TPSA) is 64.7 Å². The van der Waals surface area contributed by atoms with E-state index in [4.69, 9.17) is 4.74 Å². The van der Waals surface area contributed by atoms with Gasteiger partial charge in [0.1, 0.15) is 17.8 Å². The molecule has 1 amide bonds. The van der Waals surface area contributed by atoms with Gasteiger partial charge in [0.05, 0.1) is 18.1 Å². The molecule has 0 aliphatic carbocycles. The van der Waals surface area contributed by atoms with Gasteiger partial charge in [-0.1, -0.05) is 30.3 Å². The molecular formula is C21H19N3O3. The molecule has 27 heavy (non-hydrogen) atoms. The van der Waals surface area contributed by atoms with Crippen molar-refractivity contribution < 1.29 is 9.53 Å². The van der Waals surface area contributed by atoms with Gasteiger partial charge in [-0.05, 0) is 30.3 Å². The summed E-state index contributed by atoms with van der Waals surface area (Å²) < 4.78 is 8.67. The third-order valence-corrected chi connectivity index (χ3v) is 4.62. The van der Waals surface area contributed by atoms with Gasteiger partial charge in [0.2, 0.25) is 5.91 Å². The molecule has 0 radical (unpaired) electrons. The summed E-state index contributed by atoms with van der Waals surface area (Å²) in [6, 6.07) is 18.7. The second-order valence-corrected chi connectivity index (χ2v) is 6.23. The number of hydrogen-bond donors (Lipinski definition) is 1. The molecule has 136 valence electrons. The van der Waals surface area contributed by atoms with E-state index in [1.54, 1.807) is 13.2 Å². The van der Waals surface area contributed by atoms with Crippen LogP contribution in [0.1, 0.15) is 5.56 Å². The van der Waals surface area contributed by atoms with Crippen LogP contribution in [0.4, 0.5) is 0 Å². The Balaban J connectivity index is 1.63. The number of hydrogen-bond acceptors (Lipinski definition) is 3. The molecule has 0 aliphatic rings. The number of rotatable bonds is 5. The van der Waals surface area contributed by atoms with Crippen molar-refractivity contribution in [3.05, 3.63) is 82.8 Å². The first-order valence-electron chi connectivity index (χ1n) is 8.66. The molecule has 0 spiro atoms. The Morgan fingerprint density at radius 1 is 0.963 bits per heavy atom. The Morgan fingerprint density at radius 3 is 2.48 bits per heavy atom. The number of methoxy groups -OCH3 is 1. The molecule has 2 aromatic carbocycles. The number of carbonyl (C=O) groups excluding carboxylic acids is 1. The molecule has 0 fully saturated rings. The number of fused-ring (bicyclic) bond motifs is 3. The average molecular weight is 361 g/mol. The van der Waals surface area contributed by atoms with Gasteiger partial charge in [-0.25, -0.2) is 0 Å². The average Bonchev–Trinajstić information content (AvgIpc) is 3.20. The molecule has 1 N–H and O–H groups in total. The molecule has 0 aliphatic heterocycles. The fraction of sp³-hybridized carbons (Fsp3) is 0.143. The standard InChI is InChI=1S/C21H19N3O3/c1-27-19-11-5-2-7-15(19)13-22-20(25)14-24-17-9-4-3-8-16(17)23-12-6-10-18(23)21(24)26/h2-12H,13-14H2,1H3,(H,22,25). The largest absolute Gasteiger partial charge is 0.496 e. The molecular weight excluding hydrogens is 342 g/mol. The number of para-hydroxylation sites is 3. The Morgan fingerprint density at radius 2 is 1.67 bits per heavy atom. The van der Waals surface area contributed by atoms with Gasteiger partial charge in [0.25, 0.3) is 5.56 Å². The van der Waals surface area contributed by atoms with Crippen LogP contribution >= 0.6 is 0 Å². The van der Waals surface area contributed by atoms with Crippen LogP contribution in [0.3, 0.4) is 0 Å². The lowest BCUT2D eigenvalue weighted by Gasteiger charge is -2.13. The Kier molecular flexibility index (Phi) is 4.38. The maximum absolute atomic E-state index is 12.9. The van der Waals surface area contributed by atoms with E-state index in [0.29, 0.717) is 12.1 Å². The monoisotopic (exact) mass is 361 g/mol. The van der Waals surface area contributed by atoms with E-state index < -0.39 is 0 Å². The molecule has 6 nitrogen and oxygen atoms in total. The lowest BCUT2D eigenvalue weighted by molar-refractivity contribution is -0.121. The van der Waals surface area contributed by atoms with Crippen molar-refractivity contribution in [2.24, 2.45) is 0 Å². The summed E-state index contributed by atoms with van der Waals surface area (Å²) in [6.07, 6.45) is 1.85. The summed E-state index contributed by atoms with van der Waals surface area (Å²) in [5.41, 5.74) is 2.85. The molecule has 0 unspecified atom stereocenters. The van der Waals surface area contributed by atoms with Crippen LogP contribution in [0.15, 0.2) is 71.7 Å². The van der Waals surface area contributed by atoms with Crippen LogP contribution in [0.5, 0.6) is 5.75 Å². The molecule has 0 bridgehead atoms. The summed E-state index contributed by atoms with van der Waals surface area (Å²) in [6.45, 7) is 0.291. The van der Waals surface area contributed by atoms with Gasteiger partial charge in [-0.3, -0.25) is 14.2 Å². The number of ether oxygens (including phenoxy) is 1. The molecule has 0 atom stereocenters. The summed E-state index contributed by atoms with van der Waals surface area (Å²) in [7, 11) is 1.60. The number of benzene rings is 2. The van der Waals surface area contributed by atoms with E-state index in [-0.39, 0.29) is 18.0 Å². The molecule has 4 rings (SSSR count). The highest BCUT2D eigenvalue weighted by Crippen LogP contribution is 2.17. The maximum Gasteiger partial charge on any atom is 0.275 e. The minimum absolute atomic E-state index is 0.0455. The quantitative estimate of drug-likeness (QED) is 0.594. The minimum atomic E-state index is -0.232. The first kappa shape index (κ1) is 16.9. The van der Waals surface area contributed by atoms with Crippen molar-refractivity contribution in [3.8, 4) is 5.75 Å². The van der Waals surface area contributed by atoms with E-state index in [1.165, 1.54) is 4.57 Å². The predicted molar refractivity (Wildman–Crippen MR) is 104 cm³/mol. The molecule has 4 aromatic rings. The lowest BCUT2D eigenvalue weighted by atomic mass is 10.2. The van der Waals surface area contributed by atoms with Gasteiger partial charge < -0.3 is 14.5 Å². The Hall–Kier alpha value is -3.54. The van der Waals surface area contributed by atoms with Crippen LogP contribution in [0.25, 0.3) is 16.6 Å². The summed E-state index contributed by atoms with van der Waals surface area (Å²) >= 11 is 0. The lowest BCUT2D eigenvalue weighted by Crippen LogP contribution is -2.33. The number of amides is 1. The van der Waals surface area contributed by atoms with Crippen molar-refractivity contribution in [2.45, 2.75) is 13.1 Å². The summed E-state index contributed by atoms with van der Waals surface area (Å²) in [4.78, 5) is 25.4. The van der Waals surface area contributed by atoms with Crippen molar-refractivity contribution in [3.63, 3.8) is 0 Å². The first-order valence-corrected chi connectivity index (χ1v) is 8.66. The normalized spacial score (nSPS) is 11.0. The third kappa shape index (κ3) is 3.06. The molecule has 0 saturated heterocycles. The highest BCUT2D eigenvalue weighted by atomic mass is 16.5. The second-order valence-electron chi connectivity index (χ2n) is 6.23. The molecule has 2 aromatic heterocycles. The number of aromatic nitrogens is 2. The van der Waals surface area contributed by atoms with Gasteiger partial charge in [-0.2, -0.15) is 0 Å². The number of nitrogens with zero attached hydrogens (tertiary/aromatic N) is 2. The van der Waals surface area contributed by atoms with E-state index in [0.717, 1.165) is 22.3 Å². The predicted octanol–water partition coefficient (Wildman–Crippen LogP) is 2.58. The van der Waals surface area contributed by atoms with Gasteiger partial charge in [0.15, 0.2) is 0 Å². The highest BCUT2D eigenvalue weighted by molar-refractivity contribution is 5.82. The zero-order chi connectivity index (χ0) is 18.8. The van der Waals surface area contributed by atoms with E-state index in [9.17, 15) is 9.59 Å². The summed E-state index contributed by atoms with van der Waals surface area (Å²) in [5, 5.41) is 2.87. The highest BCUT2D eigenvalue weighted by Gasteiger charge is 2.13. The van der Waals surface area contributed by atoms with Crippen LogP contribution in [0, 0.1) is 0 Å². The van der Waals surface area contributed by atoms with E-state index in [2.05, 4.69) is 5.32 Å². The smallest absolute Gasteiger partial charge is 0.275 e. The zero-order valence-electron chi connectivity index (χ0n) is 14.9. The molecule has 2 heterocycles. The van der Waals surface area contributed by atoms with Gasteiger partial charge in [-0.15, -0.1) is 0 Å². The Labute approximate surface area is 155 Å². The SMILES string of the molecule is COc1ccccc1CNC(=O)Cn1c(=O)c2cccn2c2ccccc21. The van der Waals surface area contributed by atoms with Gasteiger partial charge in [0, 0.05) is 18.3 Å². The molecule has 6 heteroatoms. The fourth-order valence-electron chi connectivity index (χ4n) is 3.31. The zero-order valence-corrected chi connectivity index (χ0v) is 14.9. The van der Waals surface area contributed by atoms with Crippen molar-refractivity contribution >= 4 is 22.5 Å². The number of carbonyl (C=O) groups is 1. The molecule has 0 saturated carbocycles. The van der Waals surface area contributed by atoms with Crippen LogP contribution < -0.4 is 15.6 Å². The van der Waals surface area contributed by atoms with E-state index in [1.807, 2.05) is 65.2 Å². The first-order chi connectivity index (χ1) is 13.2. The number of nitrogens with one attached hydrogen (secondary N) is 1. The third-order valence-electron chi connectivity index (χ3n) is 4.62. The fourth-order valence-corrected chi connectivity index (χ4v) is 3.31. The van der Waals surface area contributed by atoms with Crippen molar-refractivity contribution in [1.82, 2.24) is 14.3 Å². The summed E-state index contributed by atoms with van der Waals surface area (Å²) in [5.74, 6) is 0.485. The van der Waals surface area contributed by atoms with Crippen LogP contribution in [0.2, 0.25) is 0 Å². The second kappa shape index (κ2) is 6.99. The van der Waals surface area contributed by atoms with Crippen molar-refractivity contribution in [1.29, 1.82) is 0 Å². The van der Waals surface area contributed by atoms with Gasteiger partial charge >= 0.3 is 0 Å². The van der Waals surface area contributed by atoms with E-state index >= 15 is 0 Å².